The third kappa shape index (κ3) is 2.52. The van der Waals surface area contributed by atoms with Crippen molar-refractivity contribution in [3.8, 4) is 5.75 Å². The minimum absolute atomic E-state index is 0.00694. The summed E-state index contributed by atoms with van der Waals surface area (Å²) < 4.78 is 29.5. The molecule has 0 aliphatic rings. The summed E-state index contributed by atoms with van der Waals surface area (Å²) in [6.45, 7) is 0. The molecule has 1 aromatic rings. The first-order chi connectivity index (χ1) is 6.97. The number of alkyl halides is 2. The Kier molecular flexibility index (Phi) is 3.77. The van der Waals surface area contributed by atoms with Crippen molar-refractivity contribution in [3.05, 3.63) is 21.0 Å². The first-order valence-corrected chi connectivity index (χ1v) is 4.81. The van der Waals surface area contributed by atoms with Gasteiger partial charge in [-0.15, -0.1) is 0 Å². The number of halogens is 3. The lowest BCUT2D eigenvalue weighted by Crippen LogP contribution is -2.06. The molecule has 15 heavy (non-hydrogen) atoms. The number of pyridine rings is 1. The van der Waals surface area contributed by atoms with Gasteiger partial charge in [-0.1, -0.05) is 0 Å². The molecule has 4 nitrogen and oxygen atoms in total. The van der Waals surface area contributed by atoms with E-state index in [1.54, 1.807) is 22.6 Å². The Labute approximate surface area is 97.4 Å². The molecule has 0 amide bonds. The lowest BCUT2D eigenvalue weighted by molar-refractivity contribution is 0.0692. The molecule has 7 heteroatoms. The number of nitrogens with zero attached hydrogens (tertiary/aromatic N) is 1. The predicted octanol–water partition coefficient (Wildman–Crippen LogP) is 2.33. The maximum atomic E-state index is 12.3. The summed E-state index contributed by atoms with van der Waals surface area (Å²) in [5.41, 5.74) is -0.884. The van der Waals surface area contributed by atoms with Crippen LogP contribution in [0.2, 0.25) is 0 Å². The van der Waals surface area contributed by atoms with Gasteiger partial charge in [0, 0.05) is 0 Å². The van der Waals surface area contributed by atoms with Gasteiger partial charge in [0.05, 0.1) is 7.11 Å². The molecule has 0 unspecified atom stereocenters. The van der Waals surface area contributed by atoms with Gasteiger partial charge < -0.3 is 9.84 Å². The van der Waals surface area contributed by atoms with E-state index >= 15 is 0 Å². The largest absolute Gasteiger partial charge is 0.493 e. The first-order valence-electron chi connectivity index (χ1n) is 3.73. The SMILES string of the molecule is COc1c(C(=O)O)cc(C(F)F)nc1I. The average molecular weight is 329 g/mol. The summed E-state index contributed by atoms with van der Waals surface area (Å²) in [7, 11) is 1.26. The number of carboxylic acids is 1. The molecule has 1 rings (SSSR count). The zero-order valence-corrected chi connectivity index (χ0v) is 9.66. The van der Waals surface area contributed by atoms with Gasteiger partial charge in [0.2, 0.25) is 0 Å². The van der Waals surface area contributed by atoms with Crippen LogP contribution in [0.1, 0.15) is 22.5 Å². The molecule has 0 aromatic carbocycles. The van der Waals surface area contributed by atoms with Gasteiger partial charge in [-0.2, -0.15) is 0 Å². The van der Waals surface area contributed by atoms with Gasteiger partial charge in [0.15, 0.2) is 5.75 Å². The molecule has 0 saturated carbocycles. The quantitative estimate of drug-likeness (QED) is 0.683. The molecule has 0 spiro atoms. The summed E-state index contributed by atoms with van der Waals surface area (Å²) >= 11 is 1.65. The highest BCUT2D eigenvalue weighted by Gasteiger charge is 2.20. The number of methoxy groups -OCH3 is 1. The number of ether oxygens (including phenoxy) is 1. The zero-order chi connectivity index (χ0) is 11.6. The average Bonchev–Trinajstić information content (AvgIpc) is 2.16. The fourth-order valence-corrected chi connectivity index (χ4v) is 1.78. The smallest absolute Gasteiger partial charge is 0.339 e. The van der Waals surface area contributed by atoms with Crippen LogP contribution in [0, 0.1) is 3.70 Å². The zero-order valence-electron chi connectivity index (χ0n) is 7.50. The second-order valence-electron chi connectivity index (χ2n) is 2.52. The van der Waals surface area contributed by atoms with Crippen LogP contribution in [0.25, 0.3) is 0 Å². The van der Waals surface area contributed by atoms with Gasteiger partial charge in [-0.3, -0.25) is 0 Å². The van der Waals surface area contributed by atoms with Crippen LogP contribution in [0.4, 0.5) is 8.78 Å². The van der Waals surface area contributed by atoms with Crippen LogP contribution in [0.15, 0.2) is 6.07 Å². The Hall–Kier alpha value is -0.990. The molecule has 0 atom stereocenters. The summed E-state index contributed by atoms with van der Waals surface area (Å²) in [4.78, 5) is 14.3. The molecule has 0 fully saturated rings. The highest BCUT2D eigenvalue weighted by Crippen LogP contribution is 2.28. The first kappa shape index (κ1) is 12.1. The van der Waals surface area contributed by atoms with Crippen molar-refractivity contribution in [1.29, 1.82) is 0 Å². The summed E-state index contributed by atoms with van der Waals surface area (Å²) in [6, 6.07) is 0.813. The van der Waals surface area contributed by atoms with Crippen molar-refractivity contribution in [2.75, 3.05) is 7.11 Å². The molecule has 0 aliphatic heterocycles. The second-order valence-corrected chi connectivity index (χ2v) is 3.55. The van der Waals surface area contributed by atoms with E-state index in [2.05, 4.69) is 4.98 Å². The molecule has 1 aromatic heterocycles. The van der Waals surface area contributed by atoms with Crippen molar-refractivity contribution < 1.29 is 23.4 Å². The molecular formula is C8H6F2INO3. The van der Waals surface area contributed by atoms with E-state index in [0.717, 1.165) is 6.07 Å². The Morgan fingerprint density at radius 3 is 2.67 bits per heavy atom. The van der Waals surface area contributed by atoms with Crippen molar-refractivity contribution in [2.45, 2.75) is 6.43 Å². The van der Waals surface area contributed by atoms with Crippen LogP contribution in [-0.4, -0.2) is 23.2 Å². The monoisotopic (exact) mass is 329 g/mol. The van der Waals surface area contributed by atoms with Crippen molar-refractivity contribution >= 4 is 28.6 Å². The second kappa shape index (κ2) is 4.69. The fraction of sp³-hybridized carbons (Fsp3) is 0.250. The van der Waals surface area contributed by atoms with E-state index in [4.69, 9.17) is 9.84 Å². The lowest BCUT2D eigenvalue weighted by Gasteiger charge is -2.08. The molecule has 0 saturated heterocycles. The number of rotatable bonds is 3. The van der Waals surface area contributed by atoms with Crippen LogP contribution in [0.3, 0.4) is 0 Å². The third-order valence-electron chi connectivity index (χ3n) is 1.61. The molecular weight excluding hydrogens is 323 g/mol. The number of hydrogen-bond acceptors (Lipinski definition) is 3. The van der Waals surface area contributed by atoms with E-state index in [1.165, 1.54) is 7.11 Å². The Balaban J connectivity index is 3.38. The molecule has 0 bridgehead atoms. The number of aromatic carboxylic acids is 1. The van der Waals surface area contributed by atoms with Gasteiger partial charge in [-0.05, 0) is 28.7 Å². The normalized spacial score (nSPS) is 10.5. The Bertz CT molecular complexity index is 398. The van der Waals surface area contributed by atoms with E-state index in [1.807, 2.05) is 0 Å². The van der Waals surface area contributed by atoms with Gasteiger partial charge >= 0.3 is 5.97 Å². The standard InChI is InChI=1S/C8H6F2INO3/c1-15-5-3(8(13)14)2-4(6(9)10)12-7(5)11/h2,6H,1H3,(H,13,14). The summed E-state index contributed by atoms with van der Waals surface area (Å²) in [5.74, 6) is -1.33. The molecule has 1 N–H and O–H groups in total. The number of carbonyl (C=O) groups is 1. The molecule has 0 radical (unpaired) electrons. The van der Waals surface area contributed by atoms with Crippen molar-refractivity contribution in [3.63, 3.8) is 0 Å². The molecule has 1 heterocycles. The van der Waals surface area contributed by atoms with Crippen LogP contribution in [-0.2, 0) is 0 Å². The van der Waals surface area contributed by atoms with Gasteiger partial charge in [0.1, 0.15) is 15.0 Å². The fourth-order valence-electron chi connectivity index (χ4n) is 0.986. The Morgan fingerprint density at radius 2 is 2.27 bits per heavy atom. The molecule has 0 aliphatic carbocycles. The van der Waals surface area contributed by atoms with E-state index in [-0.39, 0.29) is 15.0 Å². The summed E-state index contributed by atoms with van der Waals surface area (Å²) in [6.07, 6.45) is -2.80. The van der Waals surface area contributed by atoms with Crippen LogP contribution in [0.5, 0.6) is 5.75 Å². The molecule has 82 valence electrons. The number of aromatic nitrogens is 1. The van der Waals surface area contributed by atoms with E-state index in [9.17, 15) is 13.6 Å². The van der Waals surface area contributed by atoms with Gasteiger partial charge in [-0.25, -0.2) is 18.6 Å². The minimum Gasteiger partial charge on any atom is -0.493 e. The maximum absolute atomic E-state index is 12.3. The minimum atomic E-state index is -2.80. The highest BCUT2D eigenvalue weighted by molar-refractivity contribution is 14.1. The lowest BCUT2D eigenvalue weighted by atomic mass is 10.2. The van der Waals surface area contributed by atoms with Crippen LogP contribution >= 0.6 is 22.6 Å². The predicted molar refractivity (Wildman–Crippen MR) is 55.4 cm³/mol. The highest BCUT2D eigenvalue weighted by atomic mass is 127. The van der Waals surface area contributed by atoms with E-state index < -0.39 is 18.1 Å². The maximum Gasteiger partial charge on any atom is 0.339 e. The number of hydrogen-bond donors (Lipinski definition) is 1. The summed E-state index contributed by atoms with van der Waals surface area (Å²) in [5, 5.41) is 8.77. The number of carboxylic acid groups (broad SMARTS) is 1. The van der Waals surface area contributed by atoms with Gasteiger partial charge in [0.25, 0.3) is 6.43 Å². The van der Waals surface area contributed by atoms with Crippen molar-refractivity contribution in [2.24, 2.45) is 0 Å². The van der Waals surface area contributed by atoms with E-state index in [0.29, 0.717) is 0 Å². The Morgan fingerprint density at radius 1 is 1.67 bits per heavy atom. The third-order valence-corrected chi connectivity index (χ3v) is 2.34. The van der Waals surface area contributed by atoms with Crippen LogP contribution < -0.4 is 4.74 Å². The van der Waals surface area contributed by atoms with Crippen molar-refractivity contribution in [1.82, 2.24) is 4.98 Å². The topological polar surface area (TPSA) is 59.4 Å².